The average molecular weight is 568 g/mol. The van der Waals surface area contributed by atoms with Crippen molar-refractivity contribution in [1.29, 1.82) is 0 Å². The van der Waals surface area contributed by atoms with Crippen molar-refractivity contribution >= 4 is 29.4 Å². The van der Waals surface area contributed by atoms with Crippen molar-refractivity contribution in [3.63, 3.8) is 0 Å². The first kappa shape index (κ1) is 27.3. The van der Waals surface area contributed by atoms with Crippen molar-refractivity contribution in [2.24, 2.45) is 13.0 Å². The molecule has 3 atom stereocenters. The van der Waals surface area contributed by atoms with E-state index >= 15 is 0 Å². The summed E-state index contributed by atoms with van der Waals surface area (Å²) in [6.07, 6.45) is -2.36. The van der Waals surface area contributed by atoms with Gasteiger partial charge in [0.1, 0.15) is 23.7 Å². The van der Waals surface area contributed by atoms with Gasteiger partial charge in [0.2, 0.25) is 11.8 Å². The van der Waals surface area contributed by atoms with Crippen molar-refractivity contribution in [1.82, 2.24) is 24.8 Å². The van der Waals surface area contributed by atoms with Crippen LogP contribution in [0.15, 0.2) is 12.1 Å². The quantitative estimate of drug-likeness (QED) is 0.515. The predicted octanol–water partition coefficient (Wildman–Crippen LogP) is 2.52. The normalized spacial score (nSPS) is 23.0. The Balaban J connectivity index is 1.51. The maximum Gasteiger partial charge on any atom is 0.333 e. The largest absolute Gasteiger partial charge is 0.487 e. The van der Waals surface area contributed by atoms with Gasteiger partial charge in [0.25, 0.3) is 6.43 Å². The minimum absolute atomic E-state index is 0.0291. The number of carbonyl (C=O) groups excluding carboxylic acids is 2. The highest BCUT2D eigenvalue weighted by molar-refractivity contribution is 6.31. The van der Waals surface area contributed by atoms with E-state index in [4.69, 9.17) is 21.1 Å². The van der Waals surface area contributed by atoms with Crippen LogP contribution in [0.25, 0.3) is 0 Å². The van der Waals surface area contributed by atoms with Gasteiger partial charge in [0.15, 0.2) is 6.10 Å². The van der Waals surface area contributed by atoms with Gasteiger partial charge in [0, 0.05) is 50.3 Å². The molecule has 1 aromatic carbocycles. The summed E-state index contributed by atoms with van der Waals surface area (Å²) < 4.78 is 39.5. The highest BCUT2D eigenvalue weighted by atomic mass is 35.5. The Hall–Kier alpha value is -3.32. The zero-order chi connectivity index (χ0) is 27.8. The molecule has 2 saturated heterocycles. The molecule has 210 valence electrons. The number of amides is 2. The van der Waals surface area contributed by atoms with Crippen LogP contribution in [-0.2, 0) is 39.2 Å². The first-order chi connectivity index (χ1) is 18.7. The number of halogens is 3. The Kier molecular flexibility index (Phi) is 7.72. The van der Waals surface area contributed by atoms with Gasteiger partial charge in [-0.05, 0) is 37.0 Å². The van der Waals surface area contributed by atoms with Gasteiger partial charge in [-0.3, -0.25) is 9.59 Å². The molecule has 2 fully saturated rings. The number of ether oxygens (including phenoxy) is 2. The number of hydrogen-bond acceptors (Lipinski definition) is 7. The van der Waals surface area contributed by atoms with Gasteiger partial charge in [-0.15, -0.1) is 5.10 Å². The summed E-state index contributed by atoms with van der Waals surface area (Å²) in [5, 5.41) is 17.5. The topological polar surface area (TPSA) is 127 Å². The molecule has 5 rings (SSSR count). The fourth-order valence-electron chi connectivity index (χ4n) is 5.69. The smallest absolute Gasteiger partial charge is 0.333 e. The highest BCUT2D eigenvalue weighted by Crippen LogP contribution is 2.42. The standard InChI is InChI=1S/C25H28ClF2N5O6/c1-31-21(23(27)28)16(29-30-31)12-39-18-5-4-15(26)13-6-9-33(24(35)14-7-10-38-22(14)25(36)37)17(20(13)18)11-32-8-2-3-19(32)34/h4-5,14,17,22-23H,2-3,6-12H2,1H3,(H,36,37)/t14?,17-,22?/m1/s1. The van der Waals surface area contributed by atoms with E-state index in [1.807, 2.05) is 0 Å². The lowest BCUT2D eigenvalue weighted by molar-refractivity contribution is -0.155. The minimum atomic E-state index is -2.81. The van der Waals surface area contributed by atoms with Crippen LogP contribution in [0.3, 0.4) is 0 Å². The summed E-state index contributed by atoms with van der Waals surface area (Å²) in [6.45, 7) is 0.780. The van der Waals surface area contributed by atoms with Crippen LogP contribution in [0, 0.1) is 5.92 Å². The fraction of sp³-hybridized carbons (Fsp3) is 0.560. The second-order valence-corrected chi connectivity index (χ2v) is 10.2. The Morgan fingerprint density at radius 3 is 2.77 bits per heavy atom. The van der Waals surface area contributed by atoms with Crippen LogP contribution >= 0.6 is 11.6 Å². The molecule has 2 amide bonds. The number of aliphatic carboxylic acids is 1. The Morgan fingerprint density at radius 2 is 2.08 bits per heavy atom. The Labute approximate surface area is 227 Å². The van der Waals surface area contributed by atoms with Crippen LogP contribution in [0.4, 0.5) is 8.78 Å². The van der Waals surface area contributed by atoms with Gasteiger partial charge < -0.3 is 24.4 Å². The molecule has 0 saturated carbocycles. The zero-order valence-corrected chi connectivity index (χ0v) is 21.9. The van der Waals surface area contributed by atoms with Crippen LogP contribution < -0.4 is 4.74 Å². The van der Waals surface area contributed by atoms with E-state index in [9.17, 15) is 28.3 Å². The molecule has 2 unspecified atom stereocenters. The summed E-state index contributed by atoms with van der Waals surface area (Å²) in [5.41, 5.74) is 0.893. The maximum atomic E-state index is 13.8. The lowest BCUT2D eigenvalue weighted by Crippen LogP contribution is -2.49. The second-order valence-electron chi connectivity index (χ2n) is 9.84. The minimum Gasteiger partial charge on any atom is -0.487 e. The number of benzene rings is 1. The van der Waals surface area contributed by atoms with E-state index in [1.165, 1.54) is 7.05 Å². The second kappa shape index (κ2) is 11.0. The summed E-state index contributed by atoms with van der Waals surface area (Å²) >= 11 is 6.57. The summed E-state index contributed by atoms with van der Waals surface area (Å²) in [7, 11) is 1.37. The predicted molar refractivity (Wildman–Crippen MR) is 131 cm³/mol. The SMILES string of the molecule is Cn1nnc(COc2ccc(Cl)c3c2[C@@H](CN2CCCC2=O)N(C(=O)C2CCOC2C(=O)O)CC3)c1C(F)F. The molecule has 4 heterocycles. The molecule has 0 aliphatic carbocycles. The van der Waals surface area contributed by atoms with E-state index in [2.05, 4.69) is 10.3 Å². The van der Waals surface area contributed by atoms with Gasteiger partial charge in [-0.2, -0.15) is 0 Å². The first-order valence-electron chi connectivity index (χ1n) is 12.7. The van der Waals surface area contributed by atoms with Crippen molar-refractivity contribution in [2.45, 2.75) is 50.9 Å². The summed E-state index contributed by atoms with van der Waals surface area (Å²) in [4.78, 5) is 41.4. The highest BCUT2D eigenvalue weighted by Gasteiger charge is 2.45. The summed E-state index contributed by atoms with van der Waals surface area (Å²) in [5.74, 6) is -2.21. The third-order valence-corrected chi connectivity index (χ3v) is 7.94. The molecule has 0 radical (unpaired) electrons. The lowest BCUT2D eigenvalue weighted by Gasteiger charge is -2.41. The van der Waals surface area contributed by atoms with Crippen molar-refractivity contribution in [3.8, 4) is 5.75 Å². The molecule has 3 aliphatic rings. The van der Waals surface area contributed by atoms with E-state index in [-0.39, 0.29) is 55.9 Å². The Bertz CT molecular complexity index is 1290. The lowest BCUT2D eigenvalue weighted by atomic mass is 9.88. The molecule has 1 N–H and O–H groups in total. The number of fused-ring (bicyclic) bond motifs is 1. The molecule has 11 nitrogen and oxygen atoms in total. The van der Waals surface area contributed by atoms with Crippen LogP contribution in [0.2, 0.25) is 5.02 Å². The molecular formula is C25H28ClF2N5O6. The van der Waals surface area contributed by atoms with Crippen LogP contribution in [-0.4, -0.2) is 80.0 Å². The zero-order valence-electron chi connectivity index (χ0n) is 21.2. The molecular weight excluding hydrogens is 540 g/mol. The molecule has 14 heteroatoms. The first-order valence-corrected chi connectivity index (χ1v) is 13.1. The molecule has 0 spiro atoms. The molecule has 3 aliphatic heterocycles. The monoisotopic (exact) mass is 567 g/mol. The van der Waals surface area contributed by atoms with Gasteiger partial charge in [0.05, 0.1) is 12.0 Å². The molecule has 1 aromatic heterocycles. The maximum absolute atomic E-state index is 13.8. The number of aromatic nitrogens is 3. The molecule has 0 bridgehead atoms. The summed E-state index contributed by atoms with van der Waals surface area (Å²) in [6, 6.07) is 2.55. The number of alkyl halides is 2. The van der Waals surface area contributed by atoms with Crippen molar-refractivity contribution < 1.29 is 37.7 Å². The van der Waals surface area contributed by atoms with E-state index < -0.39 is 30.5 Å². The van der Waals surface area contributed by atoms with Gasteiger partial charge in [-0.1, -0.05) is 16.8 Å². The number of carbonyl (C=O) groups is 3. The number of aryl methyl sites for hydroxylation is 1. The third-order valence-electron chi connectivity index (χ3n) is 7.59. The molecule has 2 aromatic rings. The van der Waals surface area contributed by atoms with Gasteiger partial charge >= 0.3 is 5.97 Å². The average Bonchev–Trinajstić information content (AvgIpc) is 3.64. The number of carboxylic acids is 1. The number of hydrogen-bond donors (Lipinski definition) is 1. The fourth-order valence-corrected chi connectivity index (χ4v) is 5.95. The van der Waals surface area contributed by atoms with E-state index in [1.54, 1.807) is 21.9 Å². The van der Waals surface area contributed by atoms with Crippen molar-refractivity contribution in [3.05, 3.63) is 39.7 Å². The number of rotatable bonds is 8. The van der Waals surface area contributed by atoms with Gasteiger partial charge in [-0.25, -0.2) is 18.3 Å². The van der Waals surface area contributed by atoms with Crippen LogP contribution in [0.5, 0.6) is 5.75 Å². The number of nitrogens with zero attached hydrogens (tertiary/aromatic N) is 5. The third kappa shape index (κ3) is 5.17. The van der Waals surface area contributed by atoms with E-state index in [0.717, 1.165) is 10.2 Å². The van der Waals surface area contributed by atoms with E-state index in [0.29, 0.717) is 42.1 Å². The number of likely N-dealkylation sites (tertiary alicyclic amines) is 1. The van der Waals surface area contributed by atoms with Crippen LogP contribution in [0.1, 0.15) is 54.2 Å². The van der Waals surface area contributed by atoms with Crippen molar-refractivity contribution in [2.75, 3.05) is 26.2 Å². The number of carboxylic acid groups (broad SMARTS) is 1. The molecule has 39 heavy (non-hydrogen) atoms. The Morgan fingerprint density at radius 1 is 1.28 bits per heavy atom.